The van der Waals surface area contributed by atoms with E-state index in [4.69, 9.17) is 4.74 Å². The summed E-state index contributed by atoms with van der Waals surface area (Å²) in [7, 11) is 0. The lowest BCUT2D eigenvalue weighted by atomic mass is 10.1. The highest BCUT2D eigenvalue weighted by atomic mass is 127. The smallest absolute Gasteiger partial charge is 0.416 e. The van der Waals surface area contributed by atoms with Crippen LogP contribution in [0.25, 0.3) is 0 Å². The second-order valence-electron chi connectivity index (χ2n) is 6.05. The number of rotatable bonds is 8. The van der Waals surface area contributed by atoms with Gasteiger partial charge in [0.1, 0.15) is 0 Å². The van der Waals surface area contributed by atoms with E-state index in [-0.39, 0.29) is 32.0 Å². The van der Waals surface area contributed by atoms with Crippen molar-refractivity contribution < 1.29 is 27.5 Å². The summed E-state index contributed by atoms with van der Waals surface area (Å²) in [6.45, 7) is 2.38. The van der Waals surface area contributed by atoms with Gasteiger partial charge in [-0.25, -0.2) is 0 Å². The van der Waals surface area contributed by atoms with Crippen LogP contribution in [-0.4, -0.2) is 25.0 Å². The second-order valence-corrected chi connectivity index (χ2v) is 7.29. The van der Waals surface area contributed by atoms with Crippen LogP contribution in [0.2, 0.25) is 0 Å². The van der Waals surface area contributed by atoms with Crippen LogP contribution in [0, 0.1) is 3.57 Å². The van der Waals surface area contributed by atoms with Crippen molar-refractivity contribution in [2.75, 3.05) is 18.5 Å². The molecule has 0 aliphatic heterocycles. The summed E-state index contributed by atoms with van der Waals surface area (Å²) >= 11 is 2.08. The Morgan fingerprint density at radius 1 is 1.10 bits per heavy atom. The minimum absolute atomic E-state index is 0.0673. The molecular weight excluding hydrogens is 500 g/mol. The maximum Gasteiger partial charge on any atom is 0.416 e. The Morgan fingerprint density at radius 2 is 1.79 bits per heavy atom. The Balaban J connectivity index is 2.02. The van der Waals surface area contributed by atoms with E-state index in [2.05, 4.69) is 33.2 Å². The third kappa shape index (κ3) is 7.22. The van der Waals surface area contributed by atoms with E-state index in [1.165, 1.54) is 12.1 Å². The van der Waals surface area contributed by atoms with Crippen molar-refractivity contribution in [3.8, 4) is 0 Å². The lowest BCUT2D eigenvalue weighted by molar-refractivity contribution is -0.143. The Morgan fingerprint density at radius 3 is 2.41 bits per heavy atom. The molecule has 0 saturated carbocycles. The molecule has 0 aliphatic rings. The molecule has 0 aliphatic carbocycles. The van der Waals surface area contributed by atoms with Gasteiger partial charge in [-0.15, -0.1) is 0 Å². The van der Waals surface area contributed by atoms with E-state index in [0.717, 1.165) is 15.7 Å². The van der Waals surface area contributed by atoms with Gasteiger partial charge in [-0.1, -0.05) is 12.1 Å². The Bertz CT molecular complexity index is 855. The molecule has 0 aromatic heterocycles. The zero-order chi connectivity index (χ0) is 21.4. The molecule has 0 heterocycles. The summed E-state index contributed by atoms with van der Waals surface area (Å²) in [6.07, 6.45) is -4.31. The number of halogens is 4. The highest BCUT2D eigenvalue weighted by molar-refractivity contribution is 14.1. The number of alkyl halides is 3. The van der Waals surface area contributed by atoms with E-state index < -0.39 is 17.7 Å². The largest absolute Gasteiger partial charge is 0.466 e. The number of esters is 1. The summed E-state index contributed by atoms with van der Waals surface area (Å²) in [5.74, 6) is -0.751. The van der Waals surface area contributed by atoms with Crippen molar-refractivity contribution in [3.05, 3.63) is 62.7 Å². The highest BCUT2D eigenvalue weighted by Crippen LogP contribution is 2.29. The maximum atomic E-state index is 12.7. The molecule has 0 radical (unpaired) electrons. The van der Waals surface area contributed by atoms with Crippen molar-refractivity contribution in [3.63, 3.8) is 0 Å². The second kappa shape index (κ2) is 10.5. The molecule has 9 heteroatoms. The number of hydrogen-bond donors (Lipinski definition) is 2. The third-order valence-corrected chi connectivity index (χ3v) is 4.58. The summed E-state index contributed by atoms with van der Waals surface area (Å²) in [5.41, 5.74) is 0.856. The van der Waals surface area contributed by atoms with Crippen molar-refractivity contribution in [2.45, 2.75) is 26.1 Å². The summed E-state index contributed by atoms with van der Waals surface area (Å²) in [5, 5.41) is 5.75. The predicted octanol–water partition coefficient (Wildman–Crippen LogP) is 4.61. The Kier molecular flexibility index (Phi) is 8.30. The monoisotopic (exact) mass is 520 g/mol. The topological polar surface area (TPSA) is 67.4 Å². The van der Waals surface area contributed by atoms with E-state index in [1.54, 1.807) is 19.1 Å². The van der Waals surface area contributed by atoms with E-state index in [0.29, 0.717) is 16.8 Å². The van der Waals surface area contributed by atoms with E-state index in [1.807, 2.05) is 6.07 Å². The van der Waals surface area contributed by atoms with Crippen LogP contribution in [0.5, 0.6) is 0 Å². The van der Waals surface area contributed by atoms with Crippen molar-refractivity contribution in [1.29, 1.82) is 0 Å². The summed E-state index contributed by atoms with van der Waals surface area (Å²) in [4.78, 5) is 23.9. The molecule has 29 heavy (non-hydrogen) atoms. The molecule has 2 rings (SSSR count). The molecule has 2 aromatic rings. The molecule has 0 saturated heterocycles. The first kappa shape index (κ1) is 23.0. The van der Waals surface area contributed by atoms with Crippen LogP contribution >= 0.6 is 22.6 Å². The minimum atomic E-state index is -4.38. The average Bonchev–Trinajstić information content (AvgIpc) is 2.66. The Hall–Kier alpha value is -2.30. The lowest BCUT2D eigenvalue weighted by Gasteiger charge is -2.13. The van der Waals surface area contributed by atoms with Crippen molar-refractivity contribution >= 4 is 40.2 Å². The fourth-order valence-electron chi connectivity index (χ4n) is 2.47. The third-order valence-electron chi connectivity index (χ3n) is 3.91. The number of ether oxygens (including phenoxy) is 1. The van der Waals surface area contributed by atoms with Gasteiger partial charge in [-0.3, -0.25) is 9.59 Å². The molecule has 5 nitrogen and oxygen atoms in total. The molecule has 0 unspecified atom stereocenters. The number of anilines is 1. The highest BCUT2D eigenvalue weighted by Gasteiger charge is 2.29. The van der Waals surface area contributed by atoms with Crippen LogP contribution in [0.4, 0.5) is 18.9 Å². The van der Waals surface area contributed by atoms with Crippen molar-refractivity contribution in [1.82, 2.24) is 5.32 Å². The van der Waals surface area contributed by atoms with Gasteiger partial charge in [0.25, 0.3) is 5.91 Å². The van der Waals surface area contributed by atoms with Gasteiger partial charge in [0.05, 0.1) is 24.2 Å². The average molecular weight is 520 g/mol. The summed E-state index contributed by atoms with van der Waals surface area (Å²) in [6, 6.07) is 10.1. The van der Waals surface area contributed by atoms with Gasteiger partial charge in [0, 0.05) is 22.3 Å². The van der Waals surface area contributed by atoms with Crippen LogP contribution in [-0.2, 0) is 22.3 Å². The molecular formula is C20H20F3IN2O3. The van der Waals surface area contributed by atoms with Gasteiger partial charge in [0.15, 0.2) is 0 Å². The van der Waals surface area contributed by atoms with E-state index >= 15 is 0 Å². The van der Waals surface area contributed by atoms with Crippen LogP contribution in [0.1, 0.15) is 34.8 Å². The lowest BCUT2D eigenvalue weighted by Crippen LogP contribution is -2.27. The van der Waals surface area contributed by atoms with Crippen LogP contribution < -0.4 is 10.6 Å². The number of carbonyl (C=O) groups is 2. The van der Waals surface area contributed by atoms with Crippen LogP contribution in [0.15, 0.2) is 42.5 Å². The van der Waals surface area contributed by atoms with Gasteiger partial charge in [0.2, 0.25) is 0 Å². The number of carbonyl (C=O) groups excluding carboxylic acids is 2. The van der Waals surface area contributed by atoms with E-state index in [9.17, 15) is 22.8 Å². The van der Waals surface area contributed by atoms with Crippen molar-refractivity contribution in [2.24, 2.45) is 0 Å². The SMILES string of the molecule is CCOC(=O)CCNC(=O)c1cc(I)ccc1NCc1ccc(C(F)(F)F)cc1. The first-order valence-corrected chi connectivity index (χ1v) is 9.92. The zero-order valence-corrected chi connectivity index (χ0v) is 17.8. The fourth-order valence-corrected chi connectivity index (χ4v) is 2.97. The Labute approximate surface area is 180 Å². The zero-order valence-electron chi connectivity index (χ0n) is 15.6. The number of nitrogens with one attached hydrogen (secondary N) is 2. The standard InChI is InChI=1S/C20H20F3IN2O3/c1-2-29-18(27)9-10-25-19(28)16-11-15(24)7-8-17(16)26-12-13-3-5-14(6-4-13)20(21,22)23/h3-8,11,26H,2,9-10,12H2,1H3,(H,25,28). The van der Waals surface area contributed by atoms with Crippen LogP contribution in [0.3, 0.4) is 0 Å². The first-order valence-electron chi connectivity index (χ1n) is 8.84. The molecule has 2 aromatic carbocycles. The molecule has 1 amide bonds. The maximum absolute atomic E-state index is 12.7. The predicted molar refractivity (Wildman–Crippen MR) is 112 cm³/mol. The van der Waals surface area contributed by atoms with Gasteiger partial charge in [-0.2, -0.15) is 13.2 Å². The normalized spacial score (nSPS) is 11.1. The van der Waals surface area contributed by atoms with Gasteiger partial charge in [-0.05, 0) is 65.4 Å². The summed E-state index contributed by atoms with van der Waals surface area (Å²) < 4.78 is 43.6. The molecule has 156 valence electrons. The molecule has 0 bridgehead atoms. The quantitative estimate of drug-likeness (QED) is 0.395. The molecule has 0 atom stereocenters. The first-order chi connectivity index (χ1) is 13.7. The number of amides is 1. The van der Waals surface area contributed by atoms with Gasteiger partial charge < -0.3 is 15.4 Å². The fraction of sp³-hybridized carbons (Fsp3) is 0.300. The number of benzene rings is 2. The molecule has 0 fully saturated rings. The number of hydrogen-bond acceptors (Lipinski definition) is 4. The minimum Gasteiger partial charge on any atom is -0.466 e. The molecule has 2 N–H and O–H groups in total. The van der Waals surface area contributed by atoms with Gasteiger partial charge >= 0.3 is 12.1 Å². The molecule has 0 spiro atoms.